The van der Waals surface area contributed by atoms with Crippen molar-refractivity contribution in [2.75, 3.05) is 26.2 Å². The van der Waals surface area contributed by atoms with Gasteiger partial charge < -0.3 is 9.32 Å². The number of hydrogen-bond donors (Lipinski definition) is 0. The lowest BCUT2D eigenvalue weighted by molar-refractivity contribution is 0.0761. The predicted molar refractivity (Wildman–Crippen MR) is 109 cm³/mol. The van der Waals surface area contributed by atoms with E-state index in [9.17, 15) is 4.79 Å². The zero-order valence-electron chi connectivity index (χ0n) is 15.6. The third kappa shape index (κ3) is 4.26. The third-order valence-electron chi connectivity index (χ3n) is 4.95. The summed E-state index contributed by atoms with van der Waals surface area (Å²) in [5.41, 5.74) is 1.59. The van der Waals surface area contributed by atoms with Gasteiger partial charge in [0.05, 0.1) is 23.3 Å². The van der Waals surface area contributed by atoms with Crippen molar-refractivity contribution in [3.8, 4) is 11.3 Å². The monoisotopic (exact) mass is 395 g/mol. The Morgan fingerprint density at radius 1 is 1.00 bits per heavy atom. The van der Waals surface area contributed by atoms with E-state index in [0.29, 0.717) is 29.6 Å². The molecule has 1 amide bonds. The van der Waals surface area contributed by atoms with Gasteiger partial charge in [0.1, 0.15) is 0 Å². The van der Waals surface area contributed by atoms with Crippen LogP contribution in [-0.2, 0) is 6.54 Å². The van der Waals surface area contributed by atoms with Gasteiger partial charge in [0, 0.05) is 31.7 Å². The lowest BCUT2D eigenvalue weighted by Crippen LogP contribution is -2.35. The molecular weight excluding hydrogens is 374 g/mol. The summed E-state index contributed by atoms with van der Waals surface area (Å²) in [6.45, 7) is 3.70. The molecule has 2 heterocycles. The van der Waals surface area contributed by atoms with Crippen molar-refractivity contribution in [3.63, 3.8) is 0 Å². The summed E-state index contributed by atoms with van der Waals surface area (Å²) < 4.78 is 5.92. The molecule has 1 fully saturated rings. The average molecular weight is 396 g/mol. The second kappa shape index (κ2) is 8.59. The highest BCUT2D eigenvalue weighted by Gasteiger charge is 2.22. The van der Waals surface area contributed by atoms with Gasteiger partial charge in [-0.1, -0.05) is 54.1 Å². The first kappa shape index (κ1) is 18.7. The summed E-state index contributed by atoms with van der Waals surface area (Å²) in [4.78, 5) is 21.4. The molecule has 0 aliphatic carbocycles. The molecule has 0 atom stereocenters. The summed E-state index contributed by atoms with van der Waals surface area (Å²) in [7, 11) is 0. The SMILES string of the molecule is O=C(c1ccccc1Cl)N1CCCN(Cc2ncc(-c3ccccc3)o2)CC1. The van der Waals surface area contributed by atoms with Gasteiger partial charge in [0.15, 0.2) is 5.76 Å². The molecule has 0 saturated carbocycles. The Morgan fingerprint density at radius 3 is 2.61 bits per heavy atom. The maximum atomic E-state index is 12.8. The minimum atomic E-state index is -0.00469. The molecule has 1 saturated heterocycles. The number of halogens is 1. The zero-order valence-corrected chi connectivity index (χ0v) is 16.3. The molecule has 0 N–H and O–H groups in total. The fourth-order valence-electron chi connectivity index (χ4n) is 3.45. The van der Waals surface area contributed by atoms with Crippen LogP contribution in [0.1, 0.15) is 22.7 Å². The lowest BCUT2D eigenvalue weighted by atomic mass is 10.2. The van der Waals surface area contributed by atoms with Gasteiger partial charge >= 0.3 is 0 Å². The maximum Gasteiger partial charge on any atom is 0.255 e. The van der Waals surface area contributed by atoms with Crippen LogP contribution in [0.3, 0.4) is 0 Å². The molecule has 5 nitrogen and oxygen atoms in total. The van der Waals surface area contributed by atoms with E-state index < -0.39 is 0 Å². The van der Waals surface area contributed by atoms with Crippen molar-refractivity contribution in [1.82, 2.24) is 14.8 Å². The van der Waals surface area contributed by atoms with Gasteiger partial charge in [0.2, 0.25) is 5.89 Å². The number of benzene rings is 2. The summed E-state index contributed by atoms with van der Waals surface area (Å²) in [6, 6.07) is 17.2. The van der Waals surface area contributed by atoms with Gasteiger partial charge in [0.25, 0.3) is 5.91 Å². The largest absolute Gasteiger partial charge is 0.439 e. The second-order valence-corrected chi connectivity index (χ2v) is 7.29. The number of oxazole rings is 1. The van der Waals surface area contributed by atoms with E-state index >= 15 is 0 Å². The Balaban J connectivity index is 1.38. The van der Waals surface area contributed by atoms with Crippen LogP contribution < -0.4 is 0 Å². The molecule has 2 aromatic carbocycles. The molecule has 4 rings (SSSR count). The first-order valence-electron chi connectivity index (χ1n) is 9.47. The Kier molecular flexibility index (Phi) is 5.74. The number of carbonyl (C=O) groups is 1. The van der Waals surface area contributed by atoms with E-state index in [1.165, 1.54) is 0 Å². The zero-order chi connectivity index (χ0) is 19.3. The van der Waals surface area contributed by atoms with Crippen molar-refractivity contribution >= 4 is 17.5 Å². The van der Waals surface area contributed by atoms with Crippen molar-refractivity contribution in [2.45, 2.75) is 13.0 Å². The summed E-state index contributed by atoms with van der Waals surface area (Å²) in [5.74, 6) is 1.47. The average Bonchev–Trinajstić information content (AvgIpc) is 3.06. The molecule has 1 aliphatic rings. The molecule has 1 aromatic heterocycles. The molecular formula is C22H22ClN3O2. The molecule has 0 spiro atoms. The van der Waals surface area contributed by atoms with Crippen LogP contribution in [-0.4, -0.2) is 46.9 Å². The molecule has 6 heteroatoms. The van der Waals surface area contributed by atoms with Crippen molar-refractivity contribution < 1.29 is 9.21 Å². The quantitative estimate of drug-likeness (QED) is 0.659. The third-order valence-corrected chi connectivity index (χ3v) is 5.28. The highest BCUT2D eigenvalue weighted by atomic mass is 35.5. The van der Waals surface area contributed by atoms with Crippen LogP contribution in [0.4, 0.5) is 0 Å². The minimum absolute atomic E-state index is 0.00469. The number of rotatable bonds is 4. The molecule has 0 bridgehead atoms. The van der Waals surface area contributed by atoms with E-state index in [1.807, 2.05) is 47.4 Å². The van der Waals surface area contributed by atoms with Crippen LogP contribution in [0.5, 0.6) is 0 Å². The summed E-state index contributed by atoms with van der Waals surface area (Å²) in [5, 5.41) is 0.502. The van der Waals surface area contributed by atoms with E-state index in [4.69, 9.17) is 16.0 Å². The highest BCUT2D eigenvalue weighted by molar-refractivity contribution is 6.33. The van der Waals surface area contributed by atoms with Gasteiger partial charge in [-0.15, -0.1) is 0 Å². The molecule has 28 heavy (non-hydrogen) atoms. The van der Waals surface area contributed by atoms with Crippen molar-refractivity contribution in [1.29, 1.82) is 0 Å². The Labute approximate surface area is 169 Å². The van der Waals surface area contributed by atoms with Crippen LogP contribution in [0.2, 0.25) is 5.02 Å². The molecule has 1 aliphatic heterocycles. The number of amides is 1. The van der Waals surface area contributed by atoms with Gasteiger partial charge in [-0.05, 0) is 18.6 Å². The van der Waals surface area contributed by atoms with E-state index in [-0.39, 0.29) is 5.91 Å². The minimum Gasteiger partial charge on any atom is -0.439 e. The number of hydrogen-bond acceptors (Lipinski definition) is 4. The Bertz CT molecular complexity index is 942. The first-order valence-corrected chi connectivity index (χ1v) is 9.85. The van der Waals surface area contributed by atoms with Crippen molar-refractivity contribution in [3.05, 3.63) is 77.3 Å². The van der Waals surface area contributed by atoms with Gasteiger partial charge in [-0.25, -0.2) is 4.98 Å². The number of aromatic nitrogens is 1. The predicted octanol–water partition coefficient (Wildman–Crippen LogP) is 4.34. The van der Waals surface area contributed by atoms with Gasteiger partial charge in [-0.2, -0.15) is 0 Å². The van der Waals surface area contributed by atoms with E-state index in [2.05, 4.69) is 9.88 Å². The lowest BCUT2D eigenvalue weighted by Gasteiger charge is -2.21. The van der Waals surface area contributed by atoms with Crippen LogP contribution >= 0.6 is 11.6 Å². The molecule has 144 valence electrons. The Hall–Kier alpha value is -2.63. The summed E-state index contributed by atoms with van der Waals surface area (Å²) >= 11 is 6.19. The number of nitrogens with zero attached hydrogens (tertiary/aromatic N) is 3. The fourth-order valence-corrected chi connectivity index (χ4v) is 3.66. The molecule has 0 unspecified atom stereocenters. The second-order valence-electron chi connectivity index (χ2n) is 6.89. The topological polar surface area (TPSA) is 49.6 Å². The van der Waals surface area contributed by atoms with E-state index in [1.54, 1.807) is 18.3 Å². The summed E-state index contributed by atoms with van der Waals surface area (Å²) in [6.07, 6.45) is 2.68. The van der Waals surface area contributed by atoms with Crippen LogP contribution in [0.25, 0.3) is 11.3 Å². The maximum absolute atomic E-state index is 12.8. The molecule has 0 radical (unpaired) electrons. The molecule has 3 aromatic rings. The van der Waals surface area contributed by atoms with Gasteiger partial charge in [-0.3, -0.25) is 9.69 Å². The highest BCUT2D eigenvalue weighted by Crippen LogP contribution is 2.21. The first-order chi connectivity index (χ1) is 13.7. The Morgan fingerprint density at radius 2 is 1.79 bits per heavy atom. The normalized spacial score (nSPS) is 15.4. The van der Waals surface area contributed by atoms with Crippen LogP contribution in [0, 0.1) is 0 Å². The smallest absolute Gasteiger partial charge is 0.255 e. The number of carbonyl (C=O) groups excluding carboxylic acids is 1. The van der Waals surface area contributed by atoms with E-state index in [0.717, 1.165) is 37.4 Å². The fraction of sp³-hybridized carbons (Fsp3) is 0.273. The van der Waals surface area contributed by atoms with Crippen LogP contribution in [0.15, 0.2) is 65.2 Å². The van der Waals surface area contributed by atoms with Crippen molar-refractivity contribution in [2.24, 2.45) is 0 Å². The standard InChI is InChI=1S/C22H22ClN3O2/c23-19-10-5-4-9-18(19)22(27)26-12-6-11-25(13-14-26)16-21-24-15-20(28-21)17-7-2-1-3-8-17/h1-5,7-10,15H,6,11-14,16H2.